The molecule has 4 atom stereocenters. The molecule has 0 bridgehead atoms. The highest BCUT2D eigenvalue weighted by molar-refractivity contribution is 7.15. The van der Waals surface area contributed by atoms with Crippen molar-refractivity contribution >= 4 is 17.1 Å². The molecule has 0 saturated carbocycles. The van der Waals surface area contributed by atoms with Crippen molar-refractivity contribution in [3.05, 3.63) is 98.4 Å². The van der Waals surface area contributed by atoms with Gasteiger partial charge in [-0.3, -0.25) is 4.79 Å². The average Bonchev–Trinajstić information content (AvgIpc) is 3.33. The third-order valence-corrected chi connectivity index (χ3v) is 9.80. The molecule has 0 radical (unpaired) electrons. The molecule has 0 N–H and O–H groups in total. The van der Waals surface area contributed by atoms with E-state index < -0.39 is 23.3 Å². The maximum atomic E-state index is 13.9. The van der Waals surface area contributed by atoms with Crippen LogP contribution in [-0.4, -0.2) is 35.4 Å². The summed E-state index contributed by atoms with van der Waals surface area (Å²) in [6.07, 6.45) is 7.81. The molecule has 1 spiro atoms. The Balaban J connectivity index is 1.36. The van der Waals surface area contributed by atoms with Crippen molar-refractivity contribution in [1.29, 1.82) is 0 Å². The van der Waals surface area contributed by atoms with Crippen LogP contribution in [0.15, 0.2) is 76.4 Å². The van der Waals surface area contributed by atoms with Crippen LogP contribution in [-0.2, 0) is 31.8 Å². The second-order valence-electron chi connectivity index (χ2n) is 13.0. The SMILES string of the molecule is CC(C)=CCCC(C)=C[C@@H]1CC(C)=C[C@]2(C=C(COCc3sc(-c4ccc(F)c(C(F)(F)F)c4)nc3C)C3CC(=O)C(C)=C[C@H]3O2)O1. The molecule has 47 heavy (non-hydrogen) atoms. The number of Topliss-reactive ketones (excluding diaryl/α,β-unsaturated/α-hetero) is 1. The molecule has 3 aliphatic rings. The number of thiazole rings is 1. The molecule has 0 saturated heterocycles. The van der Waals surface area contributed by atoms with Crippen molar-refractivity contribution in [3.63, 3.8) is 0 Å². The Morgan fingerprint density at radius 2 is 1.87 bits per heavy atom. The topological polar surface area (TPSA) is 57.7 Å². The smallest absolute Gasteiger partial charge is 0.372 e. The number of nitrogens with zero attached hydrogens (tertiary/aromatic N) is 1. The van der Waals surface area contributed by atoms with E-state index in [9.17, 15) is 22.4 Å². The largest absolute Gasteiger partial charge is 0.419 e. The molecule has 3 heterocycles. The van der Waals surface area contributed by atoms with E-state index in [1.54, 1.807) is 13.8 Å². The Bertz CT molecular complexity index is 1680. The average molecular weight is 672 g/mol. The molecule has 10 heteroatoms. The second kappa shape index (κ2) is 14.1. The Morgan fingerprint density at radius 3 is 2.60 bits per heavy atom. The summed E-state index contributed by atoms with van der Waals surface area (Å²) < 4.78 is 73.2. The molecule has 1 unspecified atom stereocenters. The summed E-state index contributed by atoms with van der Waals surface area (Å²) in [5, 5.41) is 0.348. The number of halogens is 4. The van der Waals surface area contributed by atoms with Gasteiger partial charge in [-0.15, -0.1) is 11.3 Å². The van der Waals surface area contributed by atoms with Crippen molar-refractivity contribution in [2.24, 2.45) is 5.92 Å². The van der Waals surface area contributed by atoms with Crippen LogP contribution < -0.4 is 0 Å². The van der Waals surface area contributed by atoms with Crippen LogP contribution in [0.3, 0.4) is 0 Å². The number of benzene rings is 1. The molecule has 2 aromatic rings. The van der Waals surface area contributed by atoms with E-state index in [0.717, 1.165) is 47.4 Å². The van der Waals surface area contributed by atoms with Crippen LogP contribution in [0.5, 0.6) is 0 Å². The summed E-state index contributed by atoms with van der Waals surface area (Å²) in [6.45, 7) is 12.3. The highest BCUT2D eigenvalue weighted by Crippen LogP contribution is 2.43. The van der Waals surface area contributed by atoms with Gasteiger partial charge in [-0.1, -0.05) is 28.9 Å². The summed E-state index contributed by atoms with van der Waals surface area (Å²) >= 11 is 1.20. The molecule has 1 aromatic carbocycles. The van der Waals surface area contributed by atoms with E-state index in [-0.39, 0.29) is 42.7 Å². The lowest BCUT2D eigenvalue weighted by molar-refractivity contribution is -0.225. The van der Waals surface area contributed by atoms with Gasteiger partial charge in [-0.05, 0) is 108 Å². The number of rotatable bonds is 9. The number of alkyl halides is 3. The predicted molar refractivity (Wildman–Crippen MR) is 175 cm³/mol. The lowest BCUT2D eigenvalue weighted by atomic mass is 9.79. The Morgan fingerprint density at radius 1 is 1.11 bits per heavy atom. The van der Waals surface area contributed by atoms with Crippen molar-refractivity contribution < 1.29 is 36.6 Å². The zero-order chi connectivity index (χ0) is 34.1. The fourth-order valence-electron chi connectivity index (χ4n) is 6.23. The monoisotopic (exact) mass is 671 g/mol. The van der Waals surface area contributed by atoms with Gasteiger partial charge in [0.05, 0.1) is 41.6 Å². The third kappa shape index (κ3) is 8.46. The number of carbonyl (C=O) groups excluding carboxylic acids is 1. The number of hydrogen-bond acceptors (Lipinski definition) is 6. The van der Waals surface area contributed by atoms with Crippen LogP contribution in [0.1, 0.15) is 76.4 Å². The first kappa shape index (κ1) is 35.1. The highest BCUT2D eigenvalue weighted by Gasteiger charge is 2.45. The summed E-state index contributed by atoms with van der Waals surface area (Å²) in [6, 6.07) is 2.89. The van der Waals surface area contributed by atoms with Crippen molar-refractivity contribution in [3.8, 4) is 10.6 Å². The van der Waals surface area contributed by atoms with Gasteiger partial charge in [0.1, 0.15) is 10.8 Å². The minimum Gasteiger partial charge on any atom is -0.372 e. The van der Waals surface area contributed by atoms with Gasteiger partial charge < -0.3 is 14.2 Å². The molecular formula is C37H41F4NO4S. The number of hydrogen-bond donors (Lipinski definition) is 0. The number of fused-ring (bicyclic) bond motifs is 1. The van der Waals surface area contributed by atoms with Gasteiger partial charge in [-0.2, -0.15) is 13.2 Å². The normalized spacial score (nSPS) is 24.9. The third-order valence-electron chi connectivity index (χ3n) is 8.62. The quantitative estimate of drug-likeness (QED) is 0.196. The van der Waals surface area contributed by atoms with Gasteiger partial charge in [0.25, 0.3) is 0 Å². The van der Waals surface area contributed by atoms with E-state index in [4.69, 9.17) is 14.2 Å². The summed E-state index contributed by atoms with van der Waals surface area (Å²) in [5.41, 5.74) is 4.71. The van der Waals surface area contributed by atoms with Gasteiger partial charge in [0.15, 0.2) is 5.78 Å². The molecule has 252 valence electrons. The zero-order valence-electron chi connectivity index (χ0n) is 27.6. The van der Waals surface area contributed by atoms with Crippen LogP contribution >= 0.6 is 11.3 Å². The molecule has 2 aliphatic heterocycles. The zero-order valence-corrected chi connectivity index (χ0v) is 28.4. The number of ketones is 1. The van der Waals surface area contributed by atoms with Crippen molar-refractivity contribution in [1.82, 2.24) is 4.98 Å². The number of aromatic nitrogens is 1. The van der Waals surface area contributed by atoms with E-state index >= 15 is 0 Å². The fourth-order valence-corrected chi connectivity index (χ4v) is 7.22. The Hall–Kier alpha value is -3.18. The van der Waals surface area contributed by atoms with Crippen LogP contribution in [0.4, 0.5) is 17.6 Å². The van der Waals surface area contributed by atoms with E-state index in [0.29, 0.717) is 22.7 Å². The van der Waals surface area contributed by atoms with Crippen LogP contribution in [0.25, 0.3) is 10.6 Å². The lowest BCUT2D eigenvalue weighted by Crippen LogP contribution is -2.49. The summed E-state index contributed by atoms with van der Waals surface area (Å²) in [5.74, 6) is -2.60. The molecule has 0 fully saturated rings. The minimum atomic E-state index is -4.81. The van der Waals surface area contributed by atoms with Gasteiger partial charge >= 0.3 is 6.18 Å². The van der Waals surface area contributed by atoms with Gasteiger partial charge in [0, 0.05) is 17.9 Å². The maximum absolute atomic E-state index is 13.9. The number of carbonyl (C=O) groups is 1. The standard InChI is InChI=1S/C37H41F4NO4S/c1-21(2)8-7-9-22(3)12-28-13-23(4)17-36(45-28)18-27(29-16-32(43)24(5)14-33(29)46-36)19-44-20-34-25(6)42-35(47-34)26-10-11-31(38)30(15-26)37(39,40)41/h8,10-12,14-15,17-18,28-29,33H,7,9,13,16,19-20H2,1-6H3/t28-,29?,33-,36+/m1/s1. The highest BCUT2D eigenvalue weighted by atomic mass is 32.1. The Kier molecular flexibility index (Phi) is 10.6. The first-order valence-electron chi connectivity index (χ1n) is 15.8. The van der Waals surface area contributed by atoms with Gasteiger partial charge in [0.2, 0.25) is 5.79 Å². The molecular weight excluding hydrogens is 630 g/mol. The maximum Gasteiger partial charge on any atom is 0.419 e. The lowest BCUT2D eigenvalue weighted by Gasteiger charge is -2.45. The predicted octanol–water partition coefficient (Wildman–Crippen LogP) is 9.78. The molecule has 1 aliphatic carbocycles. The molecule has 1 aromatic heterocycles. The number of ether oxygens (including phenoxy) is 3. The number of aryl methyl sites for hydroxylation is 1. The molecule has 5 rings (SSSR count). The molecule has 5 nitrogen and oxygen atoms in total. The number of allylic oxidation sites excluding steroid dienone is 4. The first-order chi connectivity index (χ1) is 22.1. The minimum absolute atomic E-state index is 0.0567. The van der Waals surface area contributed by atoms with Crippen molar-refractivity contribution in [2.75, 3.05) is 6.61 Å². The van der Waals surface area contributed by atoms with Crippen LogP contribution in [0, 0.1) is 18.7 Å². The fraction of sp³-hybridized carbons (Fsp3) is 0.459. The molecule has 0 amide bonds. The van der Waals surface area contributed by atoms with Gasteiger partial charge in [-0.25, -0.2) is 9.37 Å². The van der Waals surface area contributed by atoms with E-state index in [2.05, 4.69) is 44.8 Å². The van der Waals surface area contributed by atoms with E-state index in [1.165, 1.54) is 28.5 Å². The summed E-state index contributed by atoms with van der Waals surface area (Å²) in [4.78, 5) is 17.9. The van der Waals surface area contributed by atoms with E-state index in [1.807, 2.05) is 18.2 Å². The second-order valence-corrected chi connectivity index (χ2v) is 14.1. The Labute approximate surface area is 277 Å². The van der Waals surface area contributed by atoms with Crippen molar-refractivity contribution in [2.45, 2.75) is 98.0 Å². The first-order valence-corrected chi connectivity index (χ1v) is 16.6. The summed E-state index contributed by atoms with van der Waals surface area (Å²) in [7, 11) is 0. The van der Waals surface area contributed by atoms with Crippen LogP contribution in [0.2, 0.25) is 0 Å².